The molecule has 0 radical (unpaired) electrons. The van der Waals surface area contributed by atoms with Gasteiger partial charge in [-0.2, -0.15) is 0 Å². The number of carbonyl (C=O) groups excluding carboxylic acids is 3. The van der Waals surface area contributed by atoms with Crippen molar-refractivity contribution in [3.05, 3.63) is 52.8 Å². The van der Waals surface area contributed by atoms with Crippen molar-refractivity contribution in [2.75, 3.05) is 6.61 Å². The smallest absolute Gasteiger partial charge is 0.407 e. The van der Waals surface area contributed by atoms with Crippen LogP contribution >= 0.6 is 11.8 Å². The van der Waals surface area contributed by atoms with E-state index in [1.807, 2.05) is 32.0 Å². The largest absolute Gasteiger partial charge is 0.450 e. The van der Waals surface area contributed by atoms with Crippen molar-refractivity contribution in [2.45, 2.75) is 51.6 Å². The third-order valence-corrected chi connectivity index (χ3v) is 5.26. The minimum Gasteiger partial charge on any atom is -0.450 e. The first-order chi connectivity index (χ1) is 15.2. The topological polar surface area (TPSA) is 122 Å². The number of nitrogens with one attached hydrogen (secondary N) is 3. The van der Waals surface area contributed by atoms with Crippen LogP contribution in [0.1, 0.15) is 48.1 Å². The summed E-state index contributed by atoms with van der Waals surface area (Å²) in [6.45, 7) is 9.28. The number of thioether (sulfide) groups is 1. The van der Waals surface area contributed by atoms with Gasteiger partial charge in [-0.3, -0.25) is 20.4 Å². The molecule has 2 aromatic rings. The number of nitrogens with zero attached hydrogens (tertiary/aromatic N) is 2. The number of benzene rings is 1. The number of hydrogen-bond donors (Lipinski definition) is 3. The van der Waals surface area contributed by atoms with Crippen molar-refractivity contribution in [2.24, 2.45) is 5.92 Å². The Balaban J connectivity index is 1.88. The molecule has 0 fully saturated rings. The summed E-state index contributed by atoms with van der Waals surface area (Å²) in [6.07, 6.45) is -0.688. The van der Waals surface area contributed by atoms with Gasteiger partial charge < -0.3 is 10.1 Å². The third-order valence-electron chi connectivity index (χ3n) is 4.34. The van der Waals surface area contributed by atoms with Crippen LogP contribution in [0.4, 0.5) is 4.79 Å². The van der Waals surface area contributed by atoms with Crippen LogP contribution in [0.25, 0.3) is 0 Å². The molecule has 0 spiro atoms. The highest BCUT2D eigenvalue weighted by molar-refractivity contribution is 7.98. The lowest BCUT2D eigenvalue weighted by Crippen LogP contribution is -2.54. The zero-order chi connectivity index (χ0) is 23.7. The van der Waals surface area contributed by atoms with E-state index in [-0.39, 0.29) is 12.5 Å². The number of ether oxygens (including phenoxy) is 1. The van der Waals surface area contributed by atoms with Gasteiger partial charge in [-0.25, -0.2) is 14.8 Å². The lowest BCUT2D eigenvalue weighted by atomic mass is 10.0. The molecule has 0 aliphatic carbocycles. The molecule has 1 atom stereocenters. The summed E-state index contributed by atoms with van der Waals surface area (Å²) >= 11 is 1.52. The van der Waals surface area contributed by atoms with Crippen LogP contribution in [0.2, 0.25) is 0 Å². The molecule has 1 unspecified atom stereocenters. The Morgan fingerprint density at radius 1 is 1.03 bits per heavy atom. The van der Waals surface area contributed by atoms with E-state index in [1.165, 1.54) is 11.8 Å². The zero-order valence-corrected chi connectivity index (χ0v) is 19.7. The molecule has 1 aromatic carbocycles. The number of amides is 3. The highest BCUT2D eigenvalue weighted by atomic mass is 32.2. The number of aromatic nitrogens is 2. The van der Waals surface area contributed by atoms with Crippen molar-refractivity contribution < 1.29 is 19.1 Å². The van der Waals surface area contributed by atoms with Gasteiger partial charge in [-0.05, 0) is 50.5 Å². The average molecular weight is 460 g/mol. The van der Waals surface area contributed by atoms with Gasteiger partial charge in [0.1, 0.15) is 6.04 Å². The molecule has 0 saturated carbocycles. The fourth-order valence-electron chi connectivity index (χ4n) is 2.76. The van der Waals surface area contributed by atoms with Crippen molar-refractivity contribution in [3.63, 3.8) is 0 Å². The Labute approximate surface area is 192 Å². The fraction of sp³-hybridized carbons (Fsp3) is 0.409. The van der Waals surface area contributed by atoms with E-state index < -0.39 is 23.9 Å². The van der Waals surface area contributed by atoms with Gasteiger partial charge in [0.05, 0.1) is 6.61 Å². The molecule has 0 aliphatic heterocycles. The number of carbonyl (C=O) groups is 3. The van der Waals surface area contributed by atoms with Gasteiger partial charge in [0.2, 0.25) is 0 Å². The van der Waals surface area contributed by atoms with E-state index in [0.29, 0.717) is 16.5 Å². The first kappa shape index (κ1) is 25.1. The van der Waals surface area contributed by atoms with Gasteiger partial charge in [0.15, 0.2) is 5.16 Å². The second kappa shape index (κ2) is 12.0. The molecule has 3 N–H and O–H groups in total. The Hall–Kier alpha value is -3.14. The maximum atomic E-state index is 12.4. The molecule has 1 heterocycles. The third kappa shape index (κ3) is 7.84. The summed E-state index contributed by atoms with van der Waals surface area (Å²) in [5, 5.41) is 3.20. The van der Waals surface area contributed by atoms with Crippen molar-refractivity contribution in [3.8, 4) is 0 Å². The summed E-state index contributed by atoms with van der Waals surface area (Å²) in [4.78, 5) is 45.2. The number of hydrogen-bond acceptors (Lipinski definition) is 7. The molecule has 32 heavy (non-hydrogen) atoms. The number of rotatable bonds is 8. The van der Waals surface area contributed by atoms with E-state index in [9.17, 15) is 14.4 Å². The van der Waals surface area contributed by atoms with Crippen LogP contribution in [0, 0.1) is 19.8 Å². The van der Waals surface area contributed by atoms with E-state index in [1.54, 1.807) is 32.9 Å². The van der Waals surface area contributed by atoms with E-state index >= 15 is 0 Å². The van der Waals surface area contributed by atoms with Crippen molar-refractivity contribution in [1.29, 1.82) is 0 Å². The number of aryl methyl sites for hydroxylation is 2. The molecule has 1 aromatic heterocycles. The second-order valence-corrected chi connectivity index (χ2v) is 8.39. The number of hydrazine groups is 1. The van der Waals surface area contributed by atoms with E-state index in [2.05, 4.69) is 26.1 Å². The Morgan fingerprint density at radius 3 is 2.22 bits per heavy atom. The van der Waals surface area contributed by atoms with Crippen LogP contribution in [-0.4, -0.2) is 40.5 Å². The van der Waals surface area contributed by atoms with Crippen LogP contribution in [-0.2, 0) is 15.3 Å². The predicted molar refractivity (Wildman–Crippen MR) is 122 cm³/mol. The standard InChI is InChI=1S/C22H29N5O4S/c1-6-31-22(30)25-18(13(2)3)20(29)27-26-19(28)17-9-7-16(8-10-17)12-32-21-23-14(4)11-15(5)24-21/h7-11,13,18H,6,12H2,1-5H3,(H,25,30)(H,26,28)(H,27,29). The van der Waals surface area contributed by atoms with Gasteiger partial charge in [0, 0.05) is 22.7 Å². The summed E-state index contributed by atoms with van der Waals surface area (Å²) in [7, 11) is 0. The Kier molecular flexibility index (Phi) is 9.45. The Morgan fingerprint density at radius 2 is 1.66 bits per heavy atom. The van der Waals surface area contributed by atoms with Crippen molar-refractivity contribution in [1.82, 2.24) is 26.1 Å². The molecule has 9 nitrogen and oxygen atoms in total. The van der Waals surface area contributed by atoms with E-state index in [4.69, 9.17) is 4.74 Å². The molecule has 10 heteroatoms. The predicted octanol–water partition coefficient (Wildman–Crippen LogP) is 2.92. The highest BCUT2D eigenvalue weighted by Crippen LogP contribution is 2.20. The Bertz CT molecular complexity index is 930. The highest BCUT2D eigenvalue weighted by Gasteiger charge is 2.25. The minimum atomic E-state index is -0.846. The molecule has 0 bridgehead atoms. The maximum Gasteiger partial charge on any atom is 0.407 e. The maximum absolute atomic E-state index is 12.4. The fourth-order valence-corrected chi connectivity index (χ4v) is 3.67. The molecule has 2 rings (SSSR count). The average Bonchev–Trinajstić information content (AvgIpc) is 2.74. The zero-order valence-electron chi connectivity index (χ0n) is 18.9. The van der Waals surface area contributed by atoms with Gasteiger partial charge in [0.25, 0.3) is 11.8 Å². The number of alkyl carbamates (subject to hydrolysis) is 1. The first-order valence-electron chi connectivity index (χ1n) is 10.3. The van der Waals surface area contributed by atoms with Gasteiger partial charge >= 0.3 is 6.09 Å². The monoisotopic (exact) mass is 459 g/mol. The second-order valence-electron chi connectivity index (χ2n) is 7.45. The van der Waals surface area contributed by atoms with Gasteiger partial charge in [-0.1, -0.05) is 37.7 Å². The quantitative estimate of drug-likeness (QED) is 0.315. The normalized spacial score (nSPS) is 11.6. The molecule has 0 aliphatic rings. The van der Waals surface area contributed by atoms with Crippen molar-refractivity contribution >= 4 is 29.7 Å². The summed E-state index contributed by atoms with van der Waals surface area (Å²) in [5.74, 6) is -0.539. The summed E-state index contributed by atoms with van der Waals surface area (Å²) < 4.78 is 4.81. The lowest BCUT2D eigenvalue weighted by Gasteiger charge is -2.21. The summed E-state index contributed by atoms with van der Waals surface area (Å²) in [5.41, 5.74) is 7.97. The first-order valence-corrected chi connectivity index (χ1v) is 11.3. The minimum absolute atomic E-state index is 0.196. The molecule has 3 amide bonds. The molecule has 0 saturated heterocycles. The SMILES string of the molecule is CCOC(=O)NC(C(=O)NNC(=O)c1ccc(CSc2nc(C)cc(C)n2)cc1)C(C)C. The van der Waals surface area contributed by atoms with Gasteiger partial charge in [-0.15, -0.1) is 0 Å². The van der Waals surface area contributed by atoms with Crippen LogP contribution in [0.15, 0.2) is 35.5 Å². The van der Waals surface area contributed by atoms with Crippen LogP contribution in [0.5, 0.6) is 0 Å². The van der Waals surface area contributed by atoms with Crippen LogP contribution < -0.4 is 16.2 Å². The van der Waals surface area contributed by atoms with E-state index in [0.717, 1.165) is 17.0 Å². The van der Waals surface area contributed by atoms with Crippen LogP contribution in [0.3, 0.4) is 0 Å². The molecular formula is C22H29N5O4S. The lowest BCUT2D eigenvalue weighted by molar-refractivity contribution is -0.124. The molecule has 172 valence electrons. The molecular weight excluding hydrogens is 430 g/mol. The summed E-state index contributed by atoms with van der Waals surface area (Å²) in [6, 6.07) is 8.11.